The van der Waals surface area contributed by atoms with E-state index in [1.54, 1.807) is 20.4 Å². The van der Waals surface area contributed by atoms with E-state index in [4.69, 9.17) is 38.6 Å². The first-order valence-electron chi connectivity index (χ1n) is 17.5. The van der Waals surface area contributed by atoms with Crippen LogP contribution in [0.15, 0.2) is 23.9 Å². The molecule has 9 rings (SSSR count). The van der Waals surface area contributed by atoms with E-state index < -0.39 is 5.82 Å². The number of H-pyrrole nitrogens is 1. The minimum Gasteiger partial charge on any atom is -0.475 e. The Labute approximate surface area is 283 Å². The summed E-state index contributed by atoms with van der Waals surface area (Å²) in [6.45, 7) is 5.05. The first-order chi connectivity index (χ1) is 24.1. The predicted octanol–water partition coefficient (Wildman–Crippen LogP) is 4.91. The second-order valence-corrected chi connectivity index (χ2v) is 14.0. The van der Waals surface area contributed by atoms with E-state index in [-0.39, 0.29) is 34.9 Å². The molecule has 3 fully saturated rings. The molecule has 3 atom stereocenters. The number of ether oxygens (including phenoxy) is 5. The molecule has 5 aliphatic rings. The summed E-state index contributed by atoms with van der Waals surface area (Å²) in [7, 11) is 3.43. The van der Waals surface area contributed by atoms with E-state index >= 15 is 4.39 Å². The van der Waals surface area contributed by atoms with Gasteiger partial charge in [-0.15, -0.1) is 0 Å². The largest absolute Gasteiger partial charge is 0.475 e. The van der Waals surface area contributed by atoms with Crippen molar-refractivity contribution in [1.29, 1.82) is 0 Å². The van der Waals surface area contributed by atoms with Crippen LogP contribution in [-0.2, 0) is 20.6 Å². The molecule has 3 aromatic heterocycles. The smallest absolute Gasteiger partial charge is 0.319 e. The minimum atomic E-state index is -0.539. The van der Waals surface area contributed by atoms with Crippen molar-refractivity contribution < 1.29 is 28.1 Å². The topological polar surface area (TPSA) is 120 Å². The van der Waals surface area contributed by atoms with E-state index in [0.29, 0.717) is 62.2 Å². The van der Waals surface area contributed by atoms with Gasteiger partial charge in [0.1, 0.15) is 35.6 Å². The Balaban J connectivity index is 1.21. The molecule has 13 heteroatoms. The quantitative estimate of drug-likeness (QED) is 0.270. The third-order valence-corrected chi connectivity index (χ3v) is 11.2. The van der Waals surface area contributed by atoms with Crippen LogP contribution in [0.5, 0.6) is 11.9 Å². The second-order valence-electron chi connectivity index (χ2n) is 14.0. The van der Waals surface area contributed by atoms with Gasteiger partial charge in [-0.3, -0.25) is 10.00 Å². The van der Waals surface area contributed by atoms with E-state index in [0.717, 1.165) is 80.1 Å². The van der Waals surface area contributed by atoms with Crippen molar-refractivity contribution in [2.45, 2.75) is 62.6 Å². The van der Waals surface area contributed by atoms with Crippen LogP contribution < -0.4 is 14.4 Å². The Morgan fingerprint density at radius 3 is 2.98 bits per heavy atom. The molecular weight excluding hydrogens is 629 g/mol. The number of hydrogen-bond acceptors (Lipinski definition) is 11. The van der Waals surface area contributed by atoms with Crippen molar-refractivity contribution in [3.8, 4) is 23.1 Å². The number of methoxy groups -OCH3 is 2. The van der Waals surface area contributed by atoms with Crippen LogP contribution in [0.25, 0.3) is 33.1 Å². The number of aromatic amines is 1. The van der Waals surface area contributed by atoms with Crippen LogP contribution in [0.2, 0.25) is 0 Å². The highest BCUT2D eigenvalue weighted by molar-refractivity contribution is 6.02. The zero-order valence-electron chi connectivity index (χ0n) is 28.1. The SMILES string of the molecule is COC/C=C1/CN2CCC[C@@]2(COc2nc3c4c(nc(-c5c6c(cc7[nH]ncc57)CCC[C@H]6OC)c(F)c4n2)OC[C@@H]2COCCCN32)C1. The number of hydrogen-bond donors (Lipinski definition) is 1. The number of benzene rings is 1. The monoisotopic (exact) mass is 671 g/mol. The van der Waals surface area contributed by atoms with Crippen LogP contribution in [0.4, 0.5) is 10.2 Å². The molecule has 4 aliphatic heterocycles. The maximum atomic E-state index is 17.4. The zero-order chi connectivity index (χ0) is 33.1. The van der Waals surface area contributed by atoms with Gasteiger partial charge < -0.3 is 28.6 Å². The summed E-state index contributed by atoms with van der Waals surface area (Å²) in [5.41, 5.74) is 5.06. The summed E-state index contributed by atoms with van der Waals surface area (Å²) in [6.07, 6.45) is 10.2. The highest BCUT2D eigenvalue weighted by Gasteiger charge is 2.47. The van der Waals surface area contributed by atoms with E-state index in [1.165, 1.54) is 5.57 Å². The fraction of sp³-hybridized carbons (Fsp3) is 0.556. The molecule has 49 heavy (non-hydrogen) atoms. The Kier molecular flexibility index (Phi) is 7.90. The Morgan fingerprint density at radius 1 is 1.14 bits per heavy atom. The fourth-order valence-corrected chi connectivity index (χ4v) is 8.83. The number of rotatable bonds is 7. The molecule has 1 aromatic carbocycles. The van der Waals surface area contributed by atoms with Gasteiger partial charge in [0.2, 0.25) is 5.88 Å². The van der Waals surface area contributed by atoms with Gasteiger partial charge >= 0.3 is 6.01 Å². The number of fused-ring (bicyclic) bond motifs is 5. The summed E-state index contributed by atoms with van der Waals surface area (Å²) in [6, 6.07) is 2.14. The van der Waals surface area contributed by atoms with E-state index in [1.807, 2.05) is 0 Å². The number of nitrogens with one attached hydrogen (secondary N) is 1. The summed E-state index contributed by atoms with van der Waals surface area (Å²) in [5, 5.41) is 8.67. The molecule has 0 saturated carbocycles. The Bertz CT molecular complexity index is 1950. The van der Waals surface area contributed by atoms with Crippen LogP contribution in [0.1, 0.15) is 55.8 Å². The molecule has 7 heterocycles. The van der Waals surface area contributed by atoms with Crippen LogP contribution in [0, 0.1) is 5.82 Å². The van der Waals surface area contributed by atoms with Crippen molar-refractivity contribution in [1.82, 2.24) is 30.0 Å². The predicted molar refractivity (Wildman–Crippen MR) is 181 cm³/mol. The van der Waals surface area contributed by atoms with Gasteiger partial charge in [-0.05, 0) is 68.7 Å². The average Bonchev–Trinajstić information content (AvgIpc) is 3.75. The molecule has 0 bridgehead atoms. The van der Waals surface area contributed by atoms with Gasteiger partial charge in [0.05, 0.1) is 42.6 Å². The molecule has 0 unspecified atom stereocenters. The molecule has 4 aromatic rings. The third kappa shape index (κ3) is 5.16. The molecule has 12 nitrogen and oxygen atoms in total. The third-order valence-electron chi connectivity index (χ3n) is 11.2. The van der Waals surface area contributed by atoms with Crippen molar-refractivity contribution in [3.05, 3.63) is 40.9 Å². The van der Waals surface area contributed by atoms with E-state index in [9.17, 15) is 0 Å². The van der Waals surface area contributed by atoms with Crippen molar-refractivity contribution in [3.63, 3.8) is 0 Å². The molecule has 0 amide bonds. The van der Waals surface area contributed by atoms with Crippen LogP contribution in [-0.4, -0.2) is 109 Å². The lowest BCUT2D eigenvalue weighted by atomic mass is 9.83. The molecule has 1 N–H and O–H groups in total. The average molecular weight is 672 g/mol. The lowest BCUT2D eigenvalue weighted by molar-refractivity contribution is 0.0886. The number of pyridine rings is 1. The molecule has 1 aliphatic carbocycles. The highest BCUT2D eigenvalue weighted by atomic mass is 19.1. The van der Waals surface area contributed by atoms with Gasteiger partial charge in [0, 0.05) is 44.9 Å². The summed E-state index contributed by atoms with van der Waals surface area (Å²) in [5.74, 6) is 0.347. The standard InChI is InChI=1S/C36H42FN7O5/c1-45-13-8-21-15-36(9-4-10-43(36)17-21)20-49-35-40-32-29-33(41-35)44-11-5-12-47-18-23(44)19-48-34(29)39-31(30(32)37)28-24-16-38-42-25(24)14-22-6-3-7-26(46-2)27(22)28/h8,14,16,23,26H,3-7,9-13,15,17-20H2,1-2H3,(H,38,42)/b21-8+/t23-,26+,36-/m0/s1. The summed E-state index contributed by atoms with van der Waals surface area (Å²) >= 11 is 0. The van der Waals surface area contributed by atoms with Crippen molar-refractivity contribution in [2.24, 2.45) is 0 Å². The molecular formula is C36H42FN7O5. The van der Waals surface area contributed by atoms with E-state index in [2.05, 4.69) is 32.1 Å². The van der Waals surface area contributed by atoms with Crippen LogP contribution >= 0.6 is 0 Å². The van der Waals surface area contributed by atoms with Gasteiger partial charge in [-0.2, -0.15) is 15.1 Å². The van der Waals surface area contributed by atoms with Gasteiger partial charge in [0.25, 0.3) is 0 Å². The Hall–Kier alpha value is -3.91. The second kappa shape index (κ2) is 12.4. The fourth-order valence-electron chi connectivity index (χ4n) is 8.83. The normalized spacial score (nSPS) is 26.0. The molecule has 3 saturated heterocycles. The maximum Gasteiger partial charge on any atom is 0.319 e. The minimum absolute atomic E-state index is 0.121. The number of halogens is 1. The van der Waals surface area contributed by atoms with Gasteiger partial charge in [-0.1, -0.05) is 11.6 Å². The summed E-state index contributed by atoms with van der Waals surface area (Å²) < 4.78 is 47.7. The number of nitrogens with zero attached hydrogens (tertiary/aromatic N) is 6. The first-order valence-corrected chi connectivity index (χ1v) is 17.5. The number of aryl methyl sites for hydroxylation is 1. The van der Waals surface area contributed by atoms with Gasteiger partial charge in [-0.25, -0.2) is 9.37 Å². The Morgan fingerprint density at radius 2 is 2.08 bits per heavy atom. The molecule has 0 spiro atoms. The highest BCUT2D eigenvalue weighted by Crippen LogP contribution is 2.47. The number of anilines is 1. The zero-order valence-corrected chi connectivity index (χ0v) is 28.1. The molecule has 0 radical (unpaired) electrons. The lowest BCUT2D eigenvalue weighted by Gasteiger charge is -2.31. The summed E-state index contributed by atoms with van der Waals surface area (Å²) in [4.78, 5) is 19.5. The number of aromatic nitrogens is 5. The first kappa shape index (κ1) is 31.1. The van der Waals surface area contributed by atoms with Crippen molar-refractivity contribution >= 4 is 27.6 Å². The lowest BCUT2D eigenvalue weighted by Crippen LogP contribution is -2.43. The molecule has 258 valence electrons. The van der Waals surface area contributed by atoms with Gasteiger partial charge in [0.15, 0.2) is 5.82 Å². The van der Waals surface area contributed by atoms with Crippen molar-refractivity contribution in [2.75, 3.05) is 71.8 Å². The van der Waals surface area contributed by atoms with Crippen LogP contribution in [0.3, 0.4) is 0 Å². The maximum absolute atomic E-state index is 17.4.